The number of hydrogen-bond acceptors (Lipinski definition) is 4. The molecule has 0 heterocycles. The second-order valence-electron chi connectivity index (χ2n) is 2.39. The van der Waals surface area contributed by atoms with E-state index in [4.69, 9.17) is 19.3 Å². The molecule has 6 nitrogen and oxygen atoms in total. The third kappa shape index (κ3) is 6.24. The van der Waals surface area contributed by atoms with E-state index >= 15 is 0 Å². The Morgan fingerprint density at radius 1 is 0.923 bits per heavy atom. The van der Waals surface area contributed by atoms with E-state index in [1.807, 2.05) is 0 Å². The molecule has 0 aliphatic rings. The minimum Gasteiger partial charge on any atom is -0.377 e. The molecule has 0 aromatic carbocycles. The highest BCUT2D eigenvalue weighted by Gasteiger charge is 2.14. The van der Waals surface area contributed by atoms with E-state index in [9.17, 15) is 8.42 Å². The first kappa shape index (κ1) is 13.1. The van der Waals surface area contributed by atoms with E-state index in [0.29, 0.717) is 0 Å². The van der Waals surface area contributed by atoms with Gasteiger partial charge in [0.15, 0.2) is 33.0 Å². The zero-order chi connectivity index (χ0) is 10.4. The molecule has 0 saturated heterocycles. The van der Waals surface area contributed by atoms with Crippen molar-refractivity contribution >= 4 is 22.2 Å². The van der Waals surface area contributed by atoms with Crippen molar-refractivity contribution in [2.45, 2.75) is 30.1 Å². The lowest BCUT2D eigenvalue weighted by Gasteiger charge is -2.07. The van der Waals surface area contributed by atoms with Gasteiger partial charge in [-0.05, 0) is 19.3 Å². The third-order valence-corrected chi connectivity index (χ3v) is 2.77. The molecular weight excluding hydrogens is 220 g/mol. The molecule has 0 aromatic rings. The molecule has 0 aromatic heterocycles. The van der Waals surface area contributed by atoms with Crippen LogP contribution in [0.4, 0.5) is 0 Å². The van der Waals surface area contributed by atoms with Crippen LogP contribution in [0, 0.1) is 0 Å². The second-order valence-corrected chi connectivity index (χ2v) is 4.59. The topological polar surface area (TPSA) is 115 Å². The molecule has 0 spiro atoms. The summed E-state index contributed by atoms with van der Waals surface area (Å²) in [6.07, 6.45) is 0.232. The number of rotatable bonds is 6. The van der Waals surface area contributed by atoms with Crippen LogP contribution < -0.4 is 0 Å². The van der Waals surface area contributed by atoms with E-state index in [1.54, 1.807) is 0 Å². The van der Waals surface area contributed by atoms with Crippen LogP contribution in [-0.2, 0) is 22.2 Å². The minimum absolute atomic E-state index is 0.0113. The quantitative estimate of drug-likeness (QED) is 0.447. The highest BCUT2D eigenvalue weighted by atomic mass is 32.2. The van der Waals surface area contributed by atoms with Crippen molar-refractivity contribution in [1.29, 1.82) is 0 Å². The van der Waals surface area contributed by atoms with Crippen LogP contribution in [0.15, 0.2) is 0 Å². The summed E-state index contributed by atoms with van der Waals surface area (Å²) < 4.78 is 37.1. The van der Waals surface area contributed by atoms with Gasteiger partial charge in [-0.25, -0.2) is 8.42 Å². The lowest BCUT2D eigenvalue weighted by atomic mass is 10.2. The van der Waals surface area contributed by atoms with Gasteiger partial charge in [0.05, 0.1) is 0 Å². The summed E-state index contributed by atoms with van der Waals surface area (Å²) in [5, 5.41) is 17.6. The fourth-order valence-electron chi connectivity index (χ4n) is 0.669. The van der Waals surface area contributed by atoms with Crippen molar-refractivity contribution in [3.05, 3.63) is 0 Å². The Morgan fingerprint density at radius 3 is 1.46 bits per heavy atom. The second kappa shape index (κ2) is 6.57. The average Bonchev–Trinajstić information content (AvgIpc) is 2.03. The van der Waals surface area contributed by atoms with Gasteiger partial charge in [-0.3, -0.25) is 0 Å². The molecule has 4 N–H and O–H groups in total. The maximum atomic E-state index is 10.2. The normalized spacial score (nSPS) is 20.6. The molecule has 0 bridgehead atoms. The molecule has 13 heavy (non-hydrogen) atoms. The van der Waals surface area contributed by atoms with Crippen LogP contribution in [0.5, 0.6) is 0 Å². The van der Waals surface area contributed by atoms with Crippen LogP contribution in [0.25, 0.3) is 0 Å². The van der Waals surface area contributed by atoms with Crippen molar-refractivity contribution in [3.63, 3.8) is 0 Å². The Labute approximate surface area is 80.5 Å². The van der Waals surface area contributed by atoms with Gasteiger partial charge in [0, 0.05) is 0 Å². The van der Waals surface area contributed by atoms with E-state index in [0.717, 1.165) is 0 Å². The summed E-state index contributed by atoms with van der Waals surface area (Å²) in [4.78, 5) is 0. The maximum Gasteiger partial charge on any atom is 0.182 e. The molecule has 0 aliphatic heterocycles. The summed E-state index contributed by atoms with van der Waals surface area (Å²) in [6.45, 7) is 0. The molecule has 8 heteroatoms. The zero-order valence-electron chi connectivity index (χ0n) is 6.70. The van der Waals surface area contributed by atoms with Gasteiger partial charge >= 0.3 is 0 Å². The number of aliphatic hydroxyl groups excluding tert-OH is 2. The highest BCUT2D eigenvalue weighted by Crippen LogP contribution is 2.07. The first-order chi connectivity index (χ1) is 5.95. The summed E-state index contributed by atoms with van der Waals surface area (Å²) >= 11 is -4.60. The fourth-order valence-corrected chi connectivity index (χ4v) is 1.41. The number of aliphatic hydroxyl groups is 2. The van der Waals surface area contributed by atoms with Crippen molar-refractivity contribution < 1.29 is 27.7 Å². The van der Waals surface area contributed by atoms with E-state index in [-0.39, 0.29) is 19.3 Å². The minimum atomic E-state index is -2.30. The van der Waals surface area contributed by atoms with Crippen LogP contribution in [0.3, 0.4) is 0 Å². The summed E-state index contributed by atoms with van der Waals surface area (Å²) in [5.41, 5.74) is -2.72. The largest absolute Gasteiger partial charge is 0.377 e. The first-order valence-electron chi connectivity index (χ1n) is 3.50. The summed E-state index contributed by atoms with van der Waals surface area (Å²) in [6, 6.07) is 0. The molecule has 4 unspecified atom stereocenters. The molecule has 0 fully saturated rings. The van der Waals surface area contributed by atoms with Crippen molar-refractivity contribution in [2.75, 3.05) is 0 Å². The van der Waals surface area contributed by atoms with E-state index in [2.05, 4.69) is 0 Å². The third-order valence-electron chi connectivity index (χ3n) is 1.37. The Morgan fingerprint density at radius 2 is 1.23 bits per heavy atom. The number of hydrogen-bond donors (Lipinski definition) is 4. The Kier molecular flexibility index (Phi) is 6.64. The average molecular weight is 232 g/mol. The Bertz CT molecular complexity index is 175. The summed E-state index contributed by atoms with van der Waals surface area (Å²) in [5.74, 6) is 0. The van der Waals surface area contributed by atoms with Gasteiger partial charge in [0.1, 0.15) is 0 Å². The van der Waals surface area contributed by atoms with Gasteiger partial charge in [0.25, 0.3) is 0 Å². The molecule has 0 amide bonds. The Balaban J connectivity index is 3.56. The van der Waals surface area contributed by atoms with Crippen LogP contribution in [0.2, 0.25) is 0 Å². The molecule has 4 atom stereocenters. The molecule has 0 saturated carbocycles. The van der Waals surface area contributed by atoms with Gasteiger partial charge in [-0.15, -0.1) is 0 Å². The van der Waals surface area contributed by atoms with Crippen molar-refractivity contribution in [3.8, 4) is 0 Å². The lowest BCUT2D eigenvalue weighted by molar-refractivity contribution is 0.205. The van der Waals surface area contributed by atoms with Crippen LogP contribution in [0.1, 0.15) is 19.3 Å². The van der Waals surface area contributed by atoms with Gasteiger partial charge in [-0.1, -0.05) is 0 Å². The highest BCUT2D eigenvalue weighted by molar-refractivity contribution is 7.79. The van der Waals surface area contributed by atoms with Gasteiger partial charge in [0.2, 0.25) is 0 Å². The molecular formula is C5H12O6S2. The first-order valence-corrected chi connectivity index (χ1v) is 5.84. The SMILES string of the molecule is O=S(O)C(O)CCCC(O)S(=O)O. The van der Waals surface area contributed by atoms with Crippen molar-refractivity contribution in [1.82, 2.24) is 0 Å². The molecule has 0 aliphatic carbocycles. The zero-order valence-corrected chi connectivity index (χ0v) is 8.33. The monoisotopic (exact) mass is 232 g/mol. The van der Waals surface area contributed by atoms with Gasteiger partial charge < -0.3 is 19.3 Å². The maximum absolute atomic E-state index is 10.2. The van der Waals surface area contributed by atoms with Crippen LogP contribution >= 0.6 is 0 Å². The molecule has 80 valence electrons. The summed E-state index contributed by atoms with van der Waals surface area (Å²) in [7, 11) is 0. The standard InChI is InChI=1S/C5H12O6S2/c6-4(12(8)9)2-1-3-5(7)13(10)11/h4-7H,1-3H2,(H,8,9)(H,10,11). The van der Waals surface area contributed by atoms with E-state index < -0.39 is 33.0 Å². The van der Waals surface area contributed by atoms with Crippen molar-refractivity contribution in [2.24, 2.45) is 0 Å². The van der Waals surface area contributed by atoms with Gasteiger partial charge in [-0.2, -0.15) is 0 Å². The Hall–Kier alpha value is 0.140. The molecule has 0 rings (SSSR count). The fraction of sp³-hybridized carbons (Fsp3) is 1.00. The van der Waals surface area contributed by atoms with Crippen LogP contribution in [-0.4, -0.2) is 38.6 Å². The predicted molar refractivity (Wildman–Crippen MR) is 47.4 cm³/mol. The smallest absolute Gasteiger partial charge is 0.182 e. The lowest BCUT2D eigenvalue weighted by Crippen LogP contribution is -2.17. The molecule has 0 radical (unpaired) electrons. The van der Waals surface area contributed by atoms with E-state index in [1.165, 1.54) is 0 Å². The predicted octanol–water partition coefficient (Wildman–Crippen LogP) is -0.763.